The summed E-state index contributed by atoms with van der Waals surface area (Å²) in [6.07, 6.45) is -0.588. The lowest BCUT2D eigenvalue weighted by atomic mass is 10.4. The minimum atomic E-state index is -0.999. The number of rotatable bonds is 0. The summed E-state index contributed by atoms with van der Waals surface area (Å²) >= 11 is 0. The van der Waals surface area contributed by atoms with Crippen molar-refractivity contribution in [2.75, 3.05) is 13.2 Å². The molecule has 3 nitrogen and oxygen atoms in total. The summed E-state index contributed by atoms with van der Waals surface area (Å²) in [5, 5.41) is 8.74. The molecular weight excluding hydrogens is 151 g/mol. The molecule has 1 atom stereocenters. The maximum Gasteiger partial charge on any atom is 0.256 e. The summed E-state index contributed by atoms with van der Waals surface area (Å²) in [4.78, 5) is 0. The van der Waals surface area contributed by atoms with E-state index in [0.717, 1.165) is 0 Å². The van der Waals surface area contributed by atoms with Crippen LogP contribution < -0.4 is 0 Å². The molecule has 0 bridgehead atoms. The first-order valence-corrected chi connectivity index (χ1v) is 4.22. The van der Waals surface area contributed by atoms with Gasteiger partial charge in [0.2, 0.25) is 0 Å². The Balaban J connectivity index is 2.31. The van der Waals surface area contributed by atoms with Crippen LogP contribution in [-0.4, -0.2) is 24.4 Å². The molecule has 1 N–H and O–H groups in total. The van der Waals surface area contributed by atoms with Crippen molar-refractivity contribution in [1.82, 2.24) is 0 Å². The van der Waals surface area contributed by atoms with Crippen LogP contribution in [0.15, 0.2) is 0 Å². The highest BCUT2D eigenvalue weighted by Gasteiger charge is 2.13. The van der Waals surface area contributed by atoms with Gasteiger partial charge >= 0.3 is 0 Å². The van der Waals surface area contributed by atoms with Gasteiger partial charge in [0, 0.05) is 0 Å². The summed E-state index contributed by atoms with van der Waals surface area (Å²) in [5.41, 5.74) is 2.70. The van der Waals surface area contributed by atoms with E-state index in [-0.39, 0.29) is 0 Å². The molecule has 0 spiro atoms. The van der Waals surface area contributed by atoms with Gasteiger partial charge in [0.25, 0.3) is 8.38 Å². The van der Waals surface area contributed by atoms with E-state index in [9.17, 15) is 0 Å². The second-order valence-electron chi connectivity index (χ2n) is 1.86. The van der Waals surface area contributed by atoms with Crippen LogP contribution in [-0.2, 0) is 9.05 Å². The van der Waals surface area contributed by atoms with E-state index in [2.05, 4.69) is 11.6 Å². The molecule has 1 saturated heterocycles. The molecule has 0 aromatic carbocycles. The first-order valence-electron chi connectivity index (χ1n) is 3.04. The van der Waals surface area contributed by atoms with Crippen molar-refractivity contribution in [1.29, 1.82) is 0 Å². The smallest absolute Gasteiger partial charge is 0.256 e. The topological polar surface area (TPSA) is 38.7 Å². The van der Waals surface area contributed by atoms with Gasteiger partial charge in [0.15, 0.2) is 0 Å². The summed E-state index contributed by atoms with van der Waals surface area (Å²) in [6, 6.07) is 0. The van der Waals surface area contributed by atoms with Crippen LogP contribution in [0.1, 0.15) is 6.92 Å². The fourth-order valence-electron chi connectivity index (χ4n) is 0.488. The fraction of sp³-hybridized carbons (Fsp3) is 0.667. The van der Waals surface area contributed by atoms with Gasteiger partial charge in [-0.25, -0.2) is 0 Å². The van der Waals surface area contributed by atoms with Crippen LogP contribution in [0.5, 0.6) is 0 Å². The third kappa shape index (κ3) is 2.64. The third-order valence-electron chi connectivity index (χ3n) is 0.865. The molecule has 10 heavy (non-hydrogen) atoms. The quantitative estimate of drug-likeness (QED) is 0.418. The van der Waals surface area contributed by atoms with Crippen LogP contribution in [0.2, 0.25) is 0 Å². The van der Waals surface area contributed by atoms with Crippen molar-refractivity contribution in [3.05, 3.63) is 0 Å². The van der Waals surface area contributed by atoms with E-state index < -0.39 is 14.5 Å². The van der Waals surface area contributed by atoms with Gasteiger partial charge in [-0.15, -0.1) is 0 Å². The van der Waals surface area contributed by atoms with E-state index in [1.54, 1.807) is 6.92 Å². The predicted octanol–water partition coefficient (Wildman–Crippen LogP) is 0.687. The van der Waals surface area contributed by atoms with Gasteiger partial charge < -0.3 is 14.2 Å². The van der Waals surface area contributed by atoms with E-state index in [1.807, 2.05) is 0 Å². The van der Waals surface area contributed by atoms with Crippen molar-refractivity contribution in [3.63, 3.8) is 0 Å². The van der Waals surface area contributed by atoms with Crippen molar-refractivity contribution in [2.24, 2.45) is 0 Å². The zero-order valence-corrected chi connectivity index (χ0v) is 6.60. The Morgan fingerprint density at radius 3 is 2.60 bits per heavy atom. The lowest BCUT2D eigenvalue weighted by Gasteiger charge is -1.95. The molecule has 1 fully saturated rings. The number of aliphatic hydroxyl groups is 1. The monoisotopic (exact) mass is 160 g/mol. The van der Waals surface area contributed by atoms with E-state index in [0.29, 0.717) is 13.2 Å². The molecule has 1 heterocycles. The standard InChI is InChI=1S/C6H9O3P/c1-6(7)2-5-10-8-3-4-9-10/h6-7H,3-4H2,1H3. The van der Waals surface area contributed by atoms with Crippen LogP contribution in [0.3, 0.4) is 0 Å². The van der Waals surface area contributed by atoms with Crippen LogP contribution >= 0.6 is 8.38 Å². The number of aliphatic hydroxyl groups excluding tert-OH is 1. The van der Waals surface area contributed by atoms with Gasteiger partial charge in [0.05, 0.1) is 13.2 Å². The molecule has 0 aromatic heterocycles. The van der Waals surface area contributed by atoms with Crippen LogP contribution in [0.4, 0.5) is 0 Å². The van der Waals surface area contributed by atoms with Crippen molar-refractivity contribution in [3.8, 4) is 11.6 Å². The van der Waals surface area contributed by atoms with Gasteiger partial charge in [-0.2, -0.15) is 0 Å². The Bertz CT molecular complexity index is 152. The first-order chi connectivity index (χ1) is 4.79. The van der Waals surface area contributed by atoms with Crippen LogP contribution in [0.25, 0.3) is 0 Å². The minimum Gasteiger partial charge on any atom is -0.381 e. The maximum absolute atomic E-state index is 8.74. The maximum atomic E-state index is 8.74. The molecule has 0 saturated carbocycles. The molecule has 1 aliphatic rings. The van der Waals surface area contributed by atoms with Gasteiger partial charge in [-0.05, 0) is 12.6 Å². The average Bonchev–Trinajstić information content (AvgIpc) is 2.34. The predicted molar refractivity (Wildman–Crippen MR) is 38.3 cm³/mol. The van der Waals surface area contributed by atoms with Gasteiger partial charge in [-0.1, -0.05) is 5.92 Å². The Hall–Kier alpha value is -0.130. The Labute approximate surface area is 61.3 Å². The molecule has 0 aliphatic carbocycles. The first kappa shape index (κ1) is 7.97. The van der Waals surface area contributed by atoms with E-state index in [4.69, 9.17) is 14.2 Å². The Morgan fingerprint density at radius 1 is 1.50 bits per heavy atom. The normalized spacial score (nSPS) is 21.8. The van der Waals surface area contributed by atoms with Crippen molar-refractivity contribution < 1.29 is 14.2 Å². The van der Waals surface area contributed by atoms with E-state index >= 15 is 0 Å². The average molecular weight is 160 g/mol. The highest BCUT2D eigenvalue weighted by atomic mass is 31.2. The van der Waals surface area contributed by atoms with Crippen molar-refractivity contribution >= 4 is 8.38 Å². The Morgan fingerprint density at radius 2 is 2.10 bits per heavy atom. The summed E-state index contributed by atoms with van der Waals surface area (Å²) in [7, 11) is -0.999. The molecule has 1 rings (SSSR count). The van der Waals surface area contributed by atoms with E-state index in [1.165, 1.54) is 0 Å². The molecule has 1 unspecified atom stereocenters. The Kier molecular flexibility index (Phi) is 3.11. The van der Waals surface area contributed by atoms with Crippen molar-refractivity contribution in [2.45, 2.75) is 13.0 Å². The molecular formula is C6H9O3P. The van der Waals surface area contributed by atoms with Crippen LogP contribution in [0, 0.1) is 11.6 Å². The largest absolute Gasteiger partial charge is 0.381 e. The molecule has 0 radical (unpaired) electrons. The second-order valence-corrected chi connectivity index (χ2v) is 3.11. The molecule has 0 aromatic rings. The number of hydrogen-bond acceptors (Lipinski definition) is 3. The molecule has 1 aliphatic heterocycles. The summed E-state index contributed by atoms with van der Waals surface area (Å²) < 4.78 is 10.1. The third-order valence-corrected chi connectivity index (χ3v) is 2.01. The lowest BCUT2D eigenvalue weighted by molar-refractivity contribution is 0.253. The minimum absolute atomic E-state index is 0.588. The zero-order valence-electron chi connectivity index (χ0n) is 5.70. The zero-order chi connectivity index (χ0) is 7.40. The van der Waals surface area contributed by atoms with Gasteiger partial charge in [-0.3, -0.25) is 0 Å². The molecule has 56 valence electrons. The second kappa shape index (κ2) is 3.90. The highest BCUT2D eigenvalue weighted by Crippen LogP contribution is 2.40. The van der Waals surface area contributed by atoms with Gasteiger partial charge in [0.1, 0.15) is 6.10 Å². The number of hydrogen-bond donors (Lipinski definition) is 1. The molecule has 0 amide bonds. The molecule has 4 heteroatoms. The summed E-state index contributed by atoms with van der Waals surface area (Å²) in [6.45, 7) is 2.86. The SMILES string of the molecule is CC(O)C#CP1OCCO1. The highest BCUT2D eigenvalue weighted by molar-refractivity contribution is 7.53. The lowest BCUT2D eigenvalue weighted by Crippen LogP contribution is -1.91. The summed E-state index contributed by atoms with van der Waals surface area (Å²) in [5.74, 6) is 2.57. The fourth-order valence-corrected chi connectivity index (χ4v) is 1.46.